The van der Waals surface area contributed by atoms with E-state index in [1.54, 1.807) is 31.2 Å². The lowest BCUT2D eigenvalue weighted by Crippen LogP contribution is -2.40. The van der Waals surface area contributed by atoms with Crippen LogP contribution in [0.2, 0.25) is 5.02 Å². The van der Waals surface area contributed by atoms with Gasteiger partial charge in [0.15, 0.2) is 6.10 Å². The van der Waals surface area contributed by atoms with Crippen molar-refractivity contribution in [1.29, 1.82) is 0 Å². The molecule has 1 unspecified atom stereocenters. The number of rotatable bonds is 5. The number of nitrogens with one attached hydrogen (secondary N) is 1. The third-order valence-corrected chi connectivity index (χ3v) is 3.50. The summed E-state index contributed by atoms with van der Waals surface area (Å²) in [6.07, 6.45) is 3.24. The fourth-order valence-electron chi connectivity index (χ4n) is 1.88. The molecule has 3 nitrogen and oxygen atoms in total. The molecule has 0 radical (unpaired) electrons. The molecule has 1 saturated carbocycles. The summed E-state index contributed by atoms with van der Waals surface area (Å²) in [4.78, 5) is 11.8. The minimum atomic E-state index is -0.497. The van der Waals surface area contributed by atoms with E-state index in [9.17, 15) is 4.79 Å². The van der Waals surface area contributed by atoms with E-state index in [0.29, 0.717) is 16.7 Å². The zero-order chi connectivity index (χ0) is 13.0. The van der Waals surface area contributed by atoms with Crippen molar-refractivity contribution in [1.82, 2.24) is 5.32 Å². The van der Waals surface area contributed by atoms with E-state index in [4.69, 9.17) is 16.3 Å². The smallest absolute Gasteiger partial charge is 0.260 e. The summed E-state index contributed by atoms with van der Waals surface area (Å²) in [6.45, 7) is 2.51. The molecule has 1 fully saturated rings. The highest BCUT2D eigenvalue weighted by molar-refractivity contribution is 6.30. The van der Waals surface area contributed by atoms with E-state index < -0.39 is 6.10 Å². The van der Waals surface area contributed by atoms with Crippen LogP contribution in [0.15, 0.2) is 24.3 Å². The quantitative estimate of drug-likeness (QED) is 0.891. The monoisotopic (exact) mass is 267 g/mol. The molecule has 1 atom stereocenters. The van der Waals surface area contributed by atoms with Crippen molar-refractivity contribution >= 4 is 17.5 Å². The van der Waals surface area contributed by atoms with Gasteiger partial charge in [0.2, 0.25) is 0 Å². The normalized spacial score (nSPS) is 16.8. The predicted molar refractivity (Wildman–Crippen MR) is 71.9 cm³/mol. The minimum Gasteiger partial charge on any atom is -0.481 e. The number of carbonyl (C=O) groups excluding carboxylic acids is 1. The van der Waals surface area contributed by atoms with Gasteiger partial charge in [-0.15, -0.1) is 0 Å². The SMILES string of the molecule is CC(Oc1cccc(Cl)c1)C(=O)NCC1CCC1. The van der Waals surface area contributed by atoms with Gasteiger partial charge in [-0.1, -0.05) is 24.1 Å². The molecule has 0 saturated heterocycles. The van der Waals surface area contributed by atoms with E-state index in [-0.39, 0.29) is 5.91 Å². The Kier molecular flexibility index (Phi) is 4.48. The predicted octanol–water partition coefficient (Wildman–Crippen LogP) is 3.02. The first-order valence-corrected chi connectivity index (χ1v) is 6.73. The molecule has 1 amide bonds. The van der Waals surface area contributed by atoms with Crippen molar-refractivity contribution in [3.8, 4) is 5.75 Å². The number of halogens is 1. The van der Waals surface area contributed by atoms with Gasteiger partial charge in [-0.05, 0) is 43.9 Å². The Morgan fingerprint density at radius 2 is 2.33 bits per heavy atom. The Balaban J connectivity index is 1.79. The fourth-order valence-corrected chi connectivity index (χ4v) is 2.06. The molecule has 1 aliphatic rings. The van der Waals surface area contributed by atoms with E-state index in [0.717, 1.165) is 6.54 Å². The molecule has 2 rings (SSSR count). The first kappa shape index (κ1) is 13.2. The standard InChI is InChI=1S/C14H18ClNO2/c1-10(14(17)16-9-11-4-2-5-11)18-13-7-3-6-12(15)8-13/h3,6-8,10-11H,2,4-5,9H2,1H3,(H,16,17). The van der Waals surface area contributed by atoms with Gasteiger partial charge in [-0.25, -0.2) is 0 Å². The maximum absolute atomic E-state index is 11.8. The van der Waals surface area contributed by atoms with Crippen LogP contribution in [0.1, 0.15) is 26.2 Å². The van der Waals surface area contributed by atoms with Gasteiger partial charge >= 0.3 is 0 Å². The number of carbonyl (C=O) groups is 1. The van der Waals surface area contributed by atoms with E-state index in [1.165, 1.54) is 19.3 Å². The molecule has 18 heavy (non-hydrogen) atoms. The molecule has 0 bridgehead atoms. The summed E-state index contributed by atoms with van der Waals surface area (Å²) >= 11 is 5.86. The van der Waals surface area contributed by atoms with Gasteiger partial charge in [-0.3, -0.25) is 4.79 Å². The van der Waals surface area contributed by atoms with Crippen molar-refractivity contribution in [2.24, 2.45) is 5.92 Å². The van der Waals surface area contributed by atoms with Crippen molar-refractivity contribution in [3.63, 3.8) is 0 Å². The molecule has 4 heteroatoms. The Bertz CT molecular complexity index is 418. The van der Waals surface area contributed by atoms with Crippen LogP contribution in [0.4, 0.5) is 0 Å². The average molecular weight is 268 g/mol. The third-order valence-electron chi connectivity index (χ3n) is 3.27. The van der Waals surface area contributed by atoms with Crippen molar-refractivity contribution in [2.75, 3.05) is 6.54 Å². The summed E-state index contributed by atoms with van der Waals surface area (Å²) in [5.74, 6) is 1.21. The highest BCUT2D eigenvalue weighted by atomic mass is 35.5. The van der Waals surface area contributed by atoms with Gasteiger partial charge in [0.05, 0.1) is 0 Å². The Labute approximate surface area is 112 Å². The highest BCUT2D eigenvalue weighted by Crippen LogP contribution is 2.25. The molecule has 0 aliphatic heterocycles. The summed E-state index contributed by atoms with van der Waals surface area (Å²) in [5, 5.41) is 3.53. The summed E-state index contributed by atoms with van der Waals surface area (Å²) in [5.41, 5.74) is 0. The molecule has 1 aromatic carbocycles. The van der Waals surface area contributed by atoms with E-state index in [1.807, 2.05) is 0 Å². The highest BCUT2D eigenvalue weighted by Gasteiger charge is 2.20. The third kappa shape index (κ3) is 3.64. The molecular weight excluding hydrogens is 250 g/mol. The lowest BCUT2D eigenvalue weighted by molar-refractivity contribution is -0.127. The Morgan fingerprint density at radius 3 is 2.94 bits per heavy atom. The first-order chi connectivity index (χ1) is 8.65. The molecule has 0 spiro atoms. The lowest BCUT2D eigenvalue weighted by Gasteiger charge is -2.26. The second-order valence-electron chi connectivity index (χ2n) is 4.76. The topological polar surface area (TPSA) is 38.3 Å². The van der Waals surface area contributed by atoms with Gasteiger partial charge in [0, 0.05) is 11.6 Å². The van der Waals surface area contributed by atoms with E-state index >= 15 is 0 Å². The zero-order valence-electron chi connectivity index (χ0n) is 10.5. The lowest BCUT2D eigenvalue weighted by atomic mass is 9.85. The number of benzene rings is 1. The van der Waals surface area contributed by atoms with Gasteiger partial charge in [0.1, 0.15) is 5.75 Å². The Hall–Kier alpha value is -1.22. The first-order valence-electron chi connectivity index (χ1n) is 6.35. The Morgan fingerprint density at radius 1 is 1.56 bits per heavy atom. The van der Waals surface area contributed by atoms with Crippen LogP contribution in [0.3, 0.4) is 0 Å². The maximum Gasteiger partial charge on any atom is 0.260 e. The van der Waals surface area contributed by atoms with Crippen molar-refractivity contribution in [3.05, 3.63) is 29.3 Å². The largest absolute Gasteiger partial charge is 0.481 e. The van der Waals surface area contributed by atoms with Gasteiger partial charge in [0.25, 0.3) is 5.91 Å². The molecular formula is C14H18ClNO2. The number of hydrogen-bond donors (Lipinski definition) is 1. The molecule has 98 valence electrons. The number of amides is 1. The second kappa shape index (κ2) is 6.10. The average Bonchev–Trinajstić information content (AvgIpc) is 2.26. The summed E-state index contributed by atoms with van der Waals surface area (Å²) in [7, 11) is 0. The van der Waals surface area contributed by atoms with Crippen LogP contribution < -0.4 is 10.1 Å². The number of ether oxygens (including phenoxy) is 1. The minimum absolute atomic E-state index is 0.0677. The number of hydrogen-bond acceptors (Lipinski definition) is 2. The maximum atomic E-state index is 11.8. The van der Waals surface area contributed by atoms with Crippen molar-refractivity contribution in [2.45, 2.75) is 32.3 Å². The summed E-state index contributed by atoms with van der Waals surface area (Å²) < 4.78 is 5.54. The van der Waals surface area contributed by atoms with Crippen LogP contribution in [0.5, 0.6) is 5.75 Å². The van der Waals surface area contributed by atoms with Crippen LogP contribution in [0.25, 0.3) is 0 Å². The molecule has 1 aromatic rings. The van der Waals surface area contributed by atoms with Crippen molar-refractivity contribution < 1.29 is 9.53 Å². The molecule has 1 N–H and O–H groups in total. The van der Waals surface area contributed by atoms with Gasteiger partial charge in [-0.2, -0.15) is 0 Å². The summed E-state index contributed by atoms with van der Waals surface area (Å²) in [6, 6.07) is 7.07. The van der Waals surface area contributed by atoms with Crippen LogP contribution in [-0.4, -0.2) is 18.6 Å². The van der Waals surface area contributed by atoms with Gasteiger partial charge < -0.3 is 10.1 Å². The zero-order valence-corrected chi connectivity index (χ0v) is 11.2. The van der Waals surface area contributed by atoms with Crippen LogP contribution in [-0.2, 0) is 4.79 Å². The van der Waals surface area contributed by atoms with E-state index in [2.05, 4.69) is 5.32 Å². The molecule has 0 heterocycles. The fraction of sp³-hybridized carbons (Fsp3) is 0.500. The molecule has 1 aliphatic carbocycles. The second-order valence-corrected chi connectivity index (χ2v) is 5.20. The van der Waals surface area contributed by atoms with Crippen LogP contribution >= 0.6 is 11.6 Å². The molecule has 0 aromatic heterocycles. The van der Waals surface area contributed by atoms with Crippen LogP contribution in [0, 0.1) is 5.92 Å².